The van der Waals surface area contributed by atoms with Gasteiger partial charge in [-0.2, -0.15) is 0 Å². The van der Waals surface area contributed by atoms with Crippen LogP contribution in [0.3, 0.4) is 0 Å². The summed E-state index contributed by atoms with van der Waals surface area (Å²) in [6.45, 7) is 3.76. The largest absolute Gasteiger partial charge is 0.483 e. The fraction of sp³-hybridized carbons (Fsp3) is 0.385. The van der Waals surface area contributed by atoms with Crippen molar-refractivity contribution in [1.29, 1.82) is 0 Å². The van der Waals surface area contributed by atoms with Crippen molar-refractivity contribution in [2.24, 2.45) is 0 Å². The highest BCUT2D eigenvalue weighted by molar-refractivity contribution is 5.65. The molecule has 0 aromatic heterocycles. The van der Waals surface area contributed by atoms with E-state index >= 15 is 0 Å². The molecule has 1 N–H and O–H groups in total. The molecule has 0 spiro atoms. The number of benzene rings is 1. The molecule has 2 rings (SSSR count). The van der Waals surface area contributed by atoms with E-state index in [1.165, 1.54) is 6.07 Å². The van der Waals surface area contributed by atoms with Gasteiger partial charge in [0, 0.05) is 17.3 Å². The number of rotatable bonds is 3. The average molecular weight is 257 g/mol. The summed E-state index contributed by atoms with van der Waals surface area (Å²) in [6, 6.07) is 4.76. The Hall–Kier alpha value is -1.65. The lowest BCUT2D eigenvalue weighted by Gasteiger charge is -2.28. The molecule has 2 nitrogen and oxygen atoms in total. The number of nitrogens with one attached hydrogen (secondary N) is 1. The number of anilines is 1. The molecule has 18 heavy (non-hydrogen) atoms. The van der Waals surface area contributed by atoms with Crippen molar-refractivity contribution in [2.45, 2.75) is 32.2 Å². The molecular formula is C13H14F3NO. The molecule has 1 atom stereocenters. The van der Waals surface area contributed by atoms with Crippen molar-refractivity contribution in [2.75, 3.05) is 5.32 Å². The van der Waals surface area contributed by atoms with E-state index in [9.17, 15) is 13.2 Å². The summed E-state index contributed by atoms with van der Waals surface area (Å²) >= 11 is 0. The van der Waals surface area contributed by atoms with Gasteiger partial charge in [0.05, 0.1) is 0 Å². The van der Waals surface area contributed by atoms with Gasteiger partial charge in [-0.25, -0.2) is 13.2 Å². The minimum atomic E-state index is -3.06. The van der Waals surface area contributed by atoms with Gasteiger partial charge in [-0.3, -0.25) is 0 Å². The molecule has 1 aliphatic rings. The van der Waals surface area contributed by atoms with Crippen LogP contribution in [0.4, 0.5) is 18.9 Å². The molecule has 0 bridgehead atoms. The number of halogens is 3. The van der Waals surface area contributed by atoms with E-state index in [-0.39, 0.29) is 5.69 Å². The quantitative estimate of drug-likeness (QED) is 0.830. The highest BCUT2D eigenvalue weighted by Crippen LogP contribution is 2.33. The van der Waals surface area contributed by atoms with Gasteiger partial charge in [-0.1, -0.05) is 6.08 Å². The Balaban J connectivity index is 2.20. The summed E-state index contributed by atoms with van der Waals surface area (Å²) in [7, 11) is 0. The topological polar surface area (TPSA) is 21.3 Å². The monoisotopic (exact) mass is 257 g/mol. The lowest BCUT2D eigenvalue weighted by atomic mass is 10.0. The van der Waals surface area contributed by atoms with Gasteiger partial charge in [0.2, 0.25) is 6.30 Å². The first-order valence-electron chi connectivity index (χ1n) is 5.58. The van der Waals surface area contributed by atoms with Crippen LogP contribution < -0.4 is 10.1 Å². The second-order valence-corrected chi connectivity index (χ2v) is 4.67. The molecule has 0 saturated heterocycles. The lowest BCUT2D eigenvalue weighted by Crippen LogP contribution is -2.27. The Morgan fingerprint density at radius 1 is 1.22 bits per heavy atom. The fourth-order valence-corrected chi connectivity index (χ4v) is 1.68. The molecule has 1 heterocycles. The number of alkyl halides is 3. The first kappa shape index (κ1) is 12.8. The van der Waals surface area contributed by atoms with Crippen LogP contribution in [0, 0.1) is 0 Å². The van der Waals surface area contributed by atoms with E-state index in [2.05, 4.69) is 5.32 Å². The smallest absolute Gasteiger partial charge is 0.287 e. The molecule has 0 fully saturated rings. The number of hydrogen-bond acceptors (Lipinski definition) is 2. The second kappa shape index (κ2) is 4.55. The van der Waals surface area contributed by atoms with Gasteiger partial charge in [0.1, 0.15) is 11.4 Å². The maximum Gasteiger partial charge on any atom is 0.287 e. The Labute approximate surface area is 103 Å². The summed E-state index contributed by atoms with van der Waals surface area (Å²) in [5, 5.41) is 2.10. The molecule has 0 saturated carbocycles. The third kappa shape index (κ3) is 2.78. The minimum Gasteiger partial charge on any atom is -0.483 e. The van der Waals surface area contributed by atoms with Crippen LogP contribution in [0.15, 0.2) is 24.3 Å². The van der Waals surface area contributed by atoms with E-state index in [1.54, 1.807) is 12.1 Å². The molecule has 0 radical (unpaired) electrons. The van der Waals surface area contributed by atoms with Gasteiger partial charge in [0.25, 0.3) is 6.43 Å². The van der Waals surface area contributed by atoms with E-state index < -0.39 is 18.3 Å². The summed E-state index contributed by atoms with van der Waals surface area (Å²) < 4.78 is 42.7. The molecule has 1 unspecified atom stereocenters. The fourth-order valence-electron chi connectivity index (χ4n) is 1.68. The van der Waals surface area contributed by atoms with Crippen molar-refractivity contribution in [3.63, 3.8) is 0 Å². The summed E-state index contributed by atoms with van der Waals surface area (Å²) in [4.78, 5) is 0. The van der Waals surface area contributed by atoms with Crippen LogP contribution >= 0.6 is 0 Å². The van der Waals surface area contributed by atoms with Crippen molar-refractivity contribution in [3.05, 3.63) is 29.8 Å². The molecule has 1 aromatic carbocycles. The number of ether oxygens (including phenoxy) is 1. The Morgan fingerprint density at radius 2 is 1.94 bits per heavy atom. The van der Waals surface area contributed by atoms with E-state index in [4.69, 9.17) is 4.74 Å². The standard InChI is InChI=1S/C13H14F3NO/c1-13(2)6-5-8-3-4-9(7-10(8)18-13)17-12(16)11(14)15/h3-7,11-12,17H,1-2H3. The predicted octanol–water partition coefficient (Wildman–Crippen LogP) is 3.84. The first-order valence-corrected chi connectivity index (χ1v) is 5.58. The zero-order valence-electron chi connectivity index (χ0n) is 10.1. The minimum absolute atomic E-state index is 0.271. The van der Waals surface area contributed by atoms with Gasteiger partial charge in [-0.05, 0) is 32.1 Å². The number of fused-ring (bicyclic) bond motifs is 1. The Morgan fingerprint density at radius 3 is 2.61 bits per heavy atom. The maximum atomic E-state index is 12.9. The Bertz CT molecular complexity index is 471. The Kier molecular flexibility index (Phi) is 3.24. The van der Waals surface area contributed by atoms with E-state index in [0.717, 1.165) is 5.56 Å². The SMILES string of the molecule is CC1(C)C=Cc2ccc(NC(F)C(F)F)cc2O1. The van der Waals surface area contributed by atoms with Crippen LogP contribution in [-0.4, -0.2) is 18.3 Å². The van der Waals surface area contributed by atoms with E-state index in [1.807, 2.05) is 26.0 Å². The van der Waals surface area contributed by atoms with Gasteiger partial charge in [-0.15, -0.1) is 0 Å². The van der Waals surface area contributed by atoms with Crippen LogP contribution in [0.1, 0.15) is 19.4 Å². The van der Waals surface area contributed by atoms with Crippen LogP contribution in [0.2, 0.25) is 0 Å². The van der Waals surface area contributed by atoms with Crippen molar-refractivity contribution in [1.82, 2.24) is 0 Å². The van der Waals surface area contributed by atoms with Crippen molar-refractivity contribution >= 4 is 11.8 Å². The molecule has 1 aromatic rings. The predicted molar refractivity (Wildman–Crippen MR) is 64.7 cm³/mol. The van der Waals surface area contributed by atoms with Gasteiger partial charge in [0.15, 0.2) is 0 Å². The molecular weight excluding hydrogens is 243 g/mol. The third-order valence-corrected chi connectivity index (χ3v) is 2.58. The van der Waals surface area contributed by atoms with E-state index in [0.29, 0.717) is 5.75 Å². The van der Waals surface area contributed by atoms with Crippen molar-refractivity contribution in [3.8, 4) is 5.75 Å². The maximum absolute atomic E-state index is 12.9. The zero-order valence-corrected chi connectivity index (χ0v) is 10.1. The molecule has 0 aliphatic carbocycles. The first-order chi connectivity index (χ1) is 8.37. The normalized spacial score (nSPS) is 18.1. The van der Waals surface area contributed by atoms with Crippen LogP contribution in [0.5, 0.6) is 5.75 Å². The highest BCUT2D eigenvalue weighted by atomic mass is 19.3. The summed E-state index contributed by atoms with van der Waals surface area (Å²) in [5.74, 6) is 0.550. The van der Waals surface area contributed by atoms with Crippen molar-refractivity contribution < 1.29 is 17.9 Å². The number of hydrogen-bond donors (Lipinski definition) is 1. The molecule has 5 heteroatoms. The average Bonchev–Trinajstić information content (AvgIpc) is 2.27. The summed E-state index contributed by atoms with van der Waals surface area (Å²) in [6.07, 6.45) is -1.64. The van der Waals surface area contributed by atoms with Gasteiger partial charge >= 0.3 is 0 Å². The van der Waals surface area contributed by atoms with Crippen LogP contribution in [-0.2, 0) is 0 Å². The highest BCUT2D eigenvalue weighted by Gasteiger charge is 2.23. The molecule has 98 valence electrons. The zero-order chi connectivity index (χ0) is 13.3. The third-order valence-electron chi connectivity index (χ3n) is 2.58. The second-order valence-electron chi connectivity index (χ2n) is 4.67. The van der Waals surface area contributed by atoms with Gasteiger partial charge < -0.3 is 10.1 Å². The van der Waals surface area contributed by atoms with Crippen LogP contribution in [0.25, 0.3) is 6.08 Å². The summed E-state index contributed by atoms with van der Waals surface area (Å²) in [5.41, 5.74) is 0.656. The lowest BCUT2D eigenvalue weighted by molar-refractivity contribution is 0.0650. The molecule has 1 aliphatic heterocycles. The molecule has 0 amide bonds.